The number of hydrogen-bond acceptors (Lipinski definition) is 6. The molecule has 0 aromatic rings. The fourth-order valence-corrected chi connectivity index (χ4v) is 8.38. The van der Waals surface area contributed by atoms with Gasteiger partial charge in [0, 0.05) is 19.3 Å². The molecule has 0 heterocycles. The van der Waals surface area contributed by atoms with Crippen molar-refractivity contribution in [2.45, 2.75) is 290 Å². The van der Waals surface area contributed by atoms with Gasteiger partial charge in [-0.3, -0.25) is 14.4 Å². The van der Waals surface area contributed by atoms with E-state index in [1.165, 1.54) is 116 Å². The second-order valence-corrected chi connectivity index (χ2v) is 20.2. The topological polar surface area (TPSA) is 78.9 Å². The summed E-state index contributed by atoms with van der Waals surface area (Å²) >= 11 is 0. The molecule has 422 valence electrons. The van der Waals surface area contributed by atoms with Gasteiger partial charge >= 0.3 is 17.9 Å². The van der Waals surface area contributed by atoms with Gasteiger partial charge in [-0.15, -0.1) is 0 Å². The van der Waals surface area contributed by atoms with Gasteiger partial charge in [-0.25, -0.2) is 0 Å². The SMILES string of the molecule is CC/C=C\C/C=C\C/C=C\C/C=C\C/C=C\C/C=C\C/C=C\CCCCCCCCCCCCCC(=O)OCC(COC(=O)CCCCCCCCCCC)OC(=O)CCCCCCC/C=C\C/C=C\CCCC. The van der Waals surface area contributed by atoms with Crippen LogP contribution < -0.4 is 0 Å². The van der Waals surface area contributed by atoms with Gasteiger partial charge in [-0.1, -0.05) is 271 Å². The second-order valence-electron chi connectivity index (χ2n) is 20.2. The van der Waals surface area contributed by atoms with Crippen LogP contribution in [0.1, 0.15) is 284 Å². The Hall–Kier alpha value is -3.93. The van der Waals surface area contributed by atoms with Gasteiger partial charge in [0.25, 0.3) is 0 Å². The Kier molecular flexibility index (Phi) is 58.3. The summed E-state index contributed by atoms with van der Waals surface area (Å²) in [5.74, 6) is -0.899. The number of rotatable bonds is 55. The maximum Gasteiger partial charge on any atom is 0.306 e. The van der Waals surface area contributed by atoms with E-state index < -0.39 is 6.10 Å². The first-order valence-corrected chi connectivity index (χ1v) is 30.9. The van der Waals surface area contributed by atoms with E-state index in [1.54, 1.807) is 0 Å². The van der Waals surface area contributed by atoms with Crippen LogP contribution in [0.4, 0.5) is 0 Å². The first kappa shape index (κ1) is 70.1. The summed E-state index contributed by atoms with van der Waals surface area (Å²) in [6.07, 6.45) is 83.9. The van der Waals surface area contributed by atoms with Crippen molar-refractivity contribution in [2.24, 2.45) is 0 Å². The molecule has 1 unspecified atom stereocenters. The van der Waals surface area contributed by atoms with Gasteiger partial charge < -0.3 is 14.2 Å². The lowest BCUT2D eigenvalue weighted by atomic mass is 10.0. The third kappa shape index (κ3) is 59.0. The molecule has 0 aliphatic rings. The Morgan fingerprint density at radius 3 is 0.865 bits per heavy atom. The highest BCUT2D eigenvalue weighted by molar-refractivity contribution is 5.71. The monoisotopic (exact) mass is 1030 g/mol. The summed E-state index contributed by atoms with van der Waals surface area (Å²) in [6, 6.07) is 0. The van der Waals surface area contributed by atoms with E-state index in [-0.39, 0.29) is 31.1 Å². The third-order valence-electron chi connectivity index (χ3n) is 13.0. The highest BCUT2D eigenvalue weighted by Gasteiger charge is 2.19. The van der Waals surface area contributed by atoms with Gasteiger partial charge in [0.2, 0.25) is 0 Å². The van der Waals surface area contributed by atoms with Crippen LogP contribution in [0.15, 0.2) is 109 Å². The zero-order valence-electron chi connectivity index (χ0n) is 48.3. The highest BCUT2D eigenvalue weighted by Crippen LogP contribution is 2.15. The first-order chi connectivity index (χ1) is 36.5. The van der Waals surface area contributed by atoms with E-state index in [1.807, 2.05) is 0 Å². The smallest absolute Gasteiger partial charge is 0.306 e. The van der Waals surface area contributed by atoms with Crippen molar-refractivity contribution in [3.05, 3.63) is 109 Å². The molecule has 0 saturated heterocycles. The molecular formula is C68H114O6. The number of allylic oxidation sites excluding steroid dienone is 18. The van der Waals surface area contributed by atoms with Gasteiger partial charge in [0.05, 0.1) is 0 Å². The van der Waals surface area contributed by atoms with E-state index >= 15 is 0 Å². The number of ether oxygens (including phenoxy) is 3. The van der Waals surface area contributed by atoms with Crippen LogP contribution in [0.3, 0.4) is 0 Å². The van der Waals surface area contributed by atoms with Gasteiger partial charge in [-0.2, -0.15) is 0 Å². The van der Waals surface area contributed by atoms with Crippen molar-refractivity contribution in [1.82, 2.24) is 0 Å². The molecule has 1 atom stereocenters. The van der Waals surface area contributed by atoms with Crippen LogP contribution in [-0.4, -0.2) is 37.2 Å². The molecule has 6 heteroatoms. The van der Waals surface area contributed by atoms with Gasteiger partial charge in [-0.05, 0) is 103 Å². The molecule has 0 spiro atoms. The van der Waals surface area contributed by atoms with Crippen LogP contribution in [0.5, 0.6) is 0 Å². The molecular weight excluding hydrogens is 913 g/mol. The first-order valence-electron chi connectivity index (χ1n) is 30.9. The summed E-state index contributed by atoms with van der Waals surface area (Å²) < 4.78 is 16.8. The van der Waals surface area contributed by atoms with Gasteiger partial charge in [0.1, 0.15) is 13.2 Å². The largest absolute Gasteiger partial charge is 0.462 e. The zero-order chi connectivity index (χ0) is 53.6. The van der Waals surface area contributed by atoms with E-state index in [4.69, 9.17) is 14.2 Å². The number of carbonyl (C=O) groups excluding carboxylic acids is 3. The summed E-state index contributed by atoms with van der Waals surface area (Å²) in [5.41, 5.74) is 0. The minimum Gasteiger partial charge on any atom is -0.462 e. The maximum absolute atomic E-state index is 12.8. The van der Waals surface area contributed by atoms with Crippen LogP contribution in [0.2, 0.25) is 0 Å². The van der Waals surface area contributed by atoms with E-state index in [0.717, 1.165) is 128 Å². The Bertz CT molecular complexity index is 1510. The molecule has 0 fully saturated rings. The lowest BCUT2D eigenvalue weighted by Crippen LogP contribution is -2.30. The average molecular weight is 1030 g/mol. The van der Waals surface area contributed by atoms with Crippen molar-refractivity contribution >= 4 is 17.9 Å². The second kappa shape index (κ2) is 61.6. The number of esters is 3. The molecule has 0 aliphatic heterocycles. The fraction of sp³-hybridized carbons (Fsp3) is 0.691. The number of unbranched alkanes of at least 4 members (excludes halogenated alkanes) is 26. The van der Waals surface area contributed by atoms with Gasteiger partial charge in [0.15, 0.2) is 6.10 Å². The molecule has 0 amide bonds. The summed E-state index contributed by atoms with van der Waals surface area (Å²) in [6.45, 7) is 6.46. The minimum absolute atomic E-state index is 0.0824. The normalized spacial score (nSPS) is 12.9. The highest BCUT2D eigenvalue weighted by atomic mass is 16.6. The Labute approximate surface area is 457 Å². The molecule has 0 N–H and O–H groups in total. The molecule has 0 radical (unpaired) electrons. The van der Waals surface area contributed by atoms with Crippen molar-refractivity contribution in [3.63, 3.8) is 0 Å². The van der Waals surface area contributed by atoms with Crippen LogP contribution >= 0.6 is 0 Å². The summed E-state index contributed by atoms with van der Waals surface area (Å²) in [5, 5.41) is 0. The third-order valence-corrected chi connectivity index (χ3v) is 13.0. The molecule has 6 nitrogen and oxygen atoms in total. The van der Waals surface area contributed by atoms with Crippen LogP contribution in [-0.2, 0) is 28.6 Å². The quantitative estimate of drug-likeness (QED) is 0.0261. The van der Waals surface area contributed by atoms with E-state index in [9.17, 15) is 14.4 Å². The Morgan fingerprint density at radius 1 is 0.284 bits per heavy atom. The van der Waals surface area contributed by atoms with Crippen LogP contribution in [0, 0.1) is 0 Å². The predicted octanol–water partition coefficient (Wildman–Crippen LogP) is 21.0. The lowest BCUT2D eigenvalue weighted by Gasteiger charge is -2.18. The van der Waals surface area contributed by atoms with E-state index in [0.29, 0.717) is 19.3 Å². The van der Waals surface area contributed by atoms with Crippen molar-refractivity contribution < 1.29 is 28.6 Å². The maximum atomic E-state index is 12.8. The number of hydrogen-bond donors (Lipinski definition) is 0. The zero-order valence-corrected chi connectivity index (χ0v) is 48.3. The lowest BCUT2D eigenvalue weighted by molar-refractivity contribution is -0.167. The molecule has 74 heavy (non-hydrogen) atoms. The number of carbonyl (C=O) groups is 3. The Balaban J connectivity index is 4.14. The van der Waals surface area contributed by atoms with Crippen molar-refractivity contribution in [1.29, 1.82) is 0 Å². The summed E-state index contributed by atoms with van der Waals surface area (Å²) in [7, 11) is 0. The average Bonchev–Trinajstić information content (AvgIpc) is 3.40. The molecule has 0 aromatic carbocycles. The molecule has 0 aromatic heterocycles. The van der Waals surface area contributed by atoms with Crippen LogP contribution in [0.25, 0.3) is 0 Å². The molecule has 0 bridgehead atoms. The molecule has 0 aliphatic carbocycles. The van der Waals surface area contributed by atoms with Crippen molar-refractivity contribution in [3.8, 4) is 0 Å². The molecule has 0 saturated carbocycles. The minimum atomic E-state index is -0.784. The van der Waals surface area contributed by atoms with E-state index in [2.05, 4.69) is 130 Å². The standard InChI is InChI=1S/C68H114O6/c1-4-7-10-13-16-19-21-23-25-26-27-28-29-30-31-32-33-34-35-36-37-38-39-40-41-42-43-45-46-49-52-55-58-61-67(70)73-64-65(63-72-66(69)60-57-54-51-48-18-15-12-9-6-3)74-68(71)62-59-56-53-50-47-44-24-22-20-17-14-11-8-5-2/h7,10,14,16-17,19,22-25,27-28,30-31,33-34,36-37,65H,4-6,8-9,11-13,15,18,20-21,26,29,32,35,38-64H2,1-3H3/b10-7-,17-14-,19-16-,24-22-,25-23-,28-27-,31-30-,34-33-,37-36-. The predicted molar refractivity (Wildman–Crippen MR) is 320 cm³/mol. The molecule has 0 rings (SSSR count). The fourth-order valence-electron chi connectivity index (χ4n) is 8.38. The van der Waals surface area contributed by atoms with Crippen molar-refractivity contribution in [2.75, 3.05) is 13.2 Å². The summed E-state index contributed by atoms with van der Waals surface area (Å²) in [4.78, 5) is 38.1. The Morgan fingerprint density at radius 2 is 0.541 bits per heavy atom.